The Morgan fingerprint density at radius 3 is 1.92 bits per heavy atom. The molecule has 1 aromatic heterocycles. The number of aryl methyl sites for hydroxylation is 4. The molecule has 1 atom stereocenters. The zero-order valence-electron chi connectivity index (χ0n) is 22.2. The molecular weight excluding hydrogens is 474 g/mol. The summed E-state index contributed by atoms with van der Waals surface area (Å²) >= 11 is 0. The van der Waals surface area contributed by atoms with Gasteiger partial charge in [-0.05, 0) is 78.8 Å². The Hall–Kier alpha value is -4.45. The van der Waals surface area contributed by atoms with Crippen LogP contribution in [0.2, 0.25) is 0 Å². The van der Waals surface area contributed by atoms with Gasteiger partial charge in [-0.2, -0.15) is 0 Å². The van der Waals surface area contributed by atoms with E-state index in [1.165, 1.54) is 0 Å². The fourth-order valence-electron chi connectivity index (χ4n) is 4.68. The first kappa shape index (κ1) is 26.6. The number of nitrogens with zero attached hydrogens (tertiary/aromatic N) is 1. The van der Waals surface area contributed by atoms with E-state index < -0.39 is 12.0 Å². The smallest absolute Gasteiger partial charge is 0.326 e. The first-order valence-electron chi connectivity index (χ1n) is 12.7. The van der Waals surface area contributed by atoms with Gasteiger partial charge in [0.2, 0.25) is 0 Å². The molecule has 0 bridgehead atoms. The van der Waals surface area contributed by atoms with Crippen molar-refractivity contribution in [2.24, 2.45) is 0 Å². The Labute approximate surface area is 223 Å². The molecule has 1 amide bonds. The highest BCUT2D eigenvalue weighted by Gasteiger charge is 2.23. The predicted octanol–water partition coefficient (Wildman–Crippen LogP) is 6.02. The molecule has 6 heteroatoms. The summed E-state index contributed by atoms with van der Waals surface area (Å²) in [6, 6.07) is 22.9. The number of rotatable bonds is 9. The lowest BCUT2D eigenvalue weighted by atomic mass is 9.97. The van der Waals surface area contributed by atoms with E-state index in [2.05, 4.69) is 39.9 Å². The fraction of sp³-hybridized carbons (Fsp3) is 0.219. The van der Waals surface area contributed by atoms with Crippen molar-refractivity contribution < 1.29 is 14.7 Å². The number of hydrogen-bond donors (Lipinski definition) is 3. The SMILES string of the molecule is Cc1ccnc(NCc2ccc(-c3ccc(CC(NC(=O)c4c(C)cc(C)cc4C)C(=O)O)cc3)cc2)c1. The zero-order chi connectivity index (χ0) is 27.2. The number of amides is 1. The molecule has 6 nitrogen and oxygen atoms in total. The summed E-state index contributed by atoms with van der Waals surface area (Å²) in [7, 11) is 0. The van der Waals surface area contributed by atoms with Gasteiger partial charge in [-0.1, -0.05) is 66.2 Å². The Morgan fingerprint density at radius 1 is 0.789 bits per heavy atom. The van der Waals surface area contributed by atoms with Crippen LogP contribution in [0, 0.1) is 27.7 Å². The van der Waals surface area contributed by atoms with Crippen molar-refractivity contribution >= 4 is 17.7 Å². The molecule has 4 rings (SSSR count). The molecule has 0 aliphatic carbocycles. The molecule has 0 fully saturated rings. The van der Waals surface area contributed by atoms with Crippen LogP contribution >= 0.6 is 0 Å². The number of aromatic nitrogens is 1. The van der Waals surface area contributed by atoms with Gasteiger partial charge in [-0.3, -0.25) is 4.79 Å². The summed E-state index contributed by atoms with van der Waals surface area (Å²) in [4.78, 5) is 29.2. The highest BCUT2D eigenvalue weighted by Crippen LogP contribution is 2.22. The van der Waals surface area contributed by atoms with E-state index in [-0.39, 0.29) is 12.3 Å². The number of benzene rings is 3. The van der Waals surface area contributed by atoms with Crippen LogP contribution in [0.4, 0.5) is 5.82 Å². The van der Waals surface area contributed by atoms with Gasteiger partial charge in [-0.15, -0.1) is 0 Å². The topological polar surface area (TPSA) is 91.3 Å². The van der Waals surface area contributed by atoms with E-state index >= 15 is 0 Å². The van der Waals surface area contributed by atoms with Gasteiger partial charge in [-0.25, -0.2) is 9.78 Å². The minimum atomic E-state index is -1.06. The van der Waals surface area contributed by atoms with Gasteiger partial charge in [0.05, 0.1) is 0 Å². The number of carbonyl (C=O) groups excluding carboxylic acids is 1. The lowest BCUT2D eigenvalue weighted by molar-refractivity contribution is -0.139. The molecule has 38 heavy (non-hydrogen) atoms. The molecular formula is C32H33N3O3. The molecule has 3 aromatic carbocycles. The number of nitrogens with one attached hydrogen (secondary N) is 2. The van der Waals surface area contributed by atoms with Crippen molar-refractivity contribution in [3.8, 4) is 11.1 Å². The number of hydrogen-bond acceptors (Lipinski definition) is 4. The zero-order valence-corrected chi connectivity index (χ0v) is 22.2. The molecule has 1 heterocycles. The highest BCUT2D eigenvalue weighted by atomic mass is 16.4. The maximum Gasteiger partial charge on any atom is 0.326 e. The van der Waals surface area contributed by atoms with Gasteiger partial charge in [0.1, 0.15) is 11.9 Å². The second-order valence-electron chi connectivity index (χ2n) is 9.81. The Kier molecular flexibility index (Phi) is 8.22. The molecule has 0 radical (unpaired) electrons. The lowest BCUT2D eigenvalue weighted by Crippen LogP contribution is -2.42. The van der Waals surface area contributed by atoms with Crippen LogP contribution in [0.25, 0.3) is 11.1 Å². The summed E-state index contributed by atoms with van der Waals surface area (Å²) in [5.74, 6) is -0.573. The predicted molar refractivity (Wildman–Crippen MR) is 151 cm³/mol. The Balaban J connectivity index is 1.39. The van der Waals surface area contributed by atoms with Gasteiger partial charge in [0.25, 0.3) is 5.91 Å². The second-order valence-corrected chi connectivity index (χ2v) is 9.81. The summed E-state index contributed by atoms with van der Waals surface area (Å²) in [6.45, 7) is 8.43. The van der Waals surface area contributed by atoms with Gasteiger partial charge >= 0.3 is 5.97 Å². The van der Waals surface area contributed by atoms with Crippen molar-refractivity contribution in [2.45, 2.75) is 46.7 Å². The second kappa shape index (κ2) is 11.7. The molecule has 194 valence electrons. The number of aliphatic carboxylic acids is 1. The first-order chi connectivity index (χ1) is 18.2. The molecule has 1 unspecified atom stereocenters. The summed E-state index contributed by atoms with van der Waals surface area (Å²) in [5, 5.41) is 15.8. The van der Waals surface area contributed by atoms with Crippen molar-refractivity contribution in [2.75, 3.05) is 5.32 Å². The molecule has 0 saturated heterocycles. The summed E-state index contributed by atoms with van der Waals surface area (Å²) in [6.07, 6.45) is 1.99. The minimum absolute atomic E-state index is 0.197. The number of carbonyl (C=O) groups is 2. The lowest BCUT2D eigenvalue weighted by Gasteiger charge is -2.17. The van der Waals surface area contributed by atoms with Crippen LogP contribution in [-0.2, 0) is 17.8 Å². The fourth-order valence-corrected chi connectivity index (χ4v) is 4.68. The monoisotopic (exact) mass is 507 g/mol. The van der Waals surface area contributed by atoms with E-state index in [0.717, 1.165) is 50.3 Å². The van der Waals surface area contributed by atoms with Crippen LogP contribution in [0.1, 0.15) is 43.7 Å². The number of pyridine rings is 1. The summed E-state index contributed by atoms with van der Waals surface area (Å²) < 4.78 is 0. The normalized spacial score (nSPS) is 11.6. The van der Waals surface area contributed by atoms with Crippen molar-refractivity contribution in [3.05, 3.63) is 118 Å². The van der Waals surface area contributed by atoms with E-state index in [1.54, 1.807) is 6.20 Å². The molecule has 0 aliphatic rings. The van der Waals surface area contributed by atoms with Gasteiger partial charge in [0.15, 0.2) is 0 Å². The van der Waals surface area contributed by atoms with Crippen LogP contribution in [0.5, 0.6) is 0 Å². The highest BCUT2D eigenvalue weighted by molar-refractivity contribution is 5.99. The van der Waals surface area contributed by atoms with E-state index in [9.17, 15) is 14.7 Å². The first-order valence-corrected chi connectivity index (χ1v) is 12.7. The number of carboxylic acids is 1. The third kappa shape index (κ3) is 6.65. The largest absolute Gasteiger partial charge is 0.480 e. The molecule has 0 spiro atoms. The Morgan fingerprint density at radius 2 is 1.37 bits per heavy atom. The van der Waals surface area contributed by atoms with Crippen LogP contribution in [0.3, 0.4) is 0 Å². The van der Waals surface area contributed by atoms with Crippen molar-refractivity contribution in [1.29, 1.82) is 0 Å². The maximum absolute atomic E-state index is 12.9. The third-order valence-electron chi connectivity index (χ3n) is 6.58. The summed E-state index contributed by atoms with van der Waals surface area (Å²) in [5.41, 5.74) is 8.53. The van der Waals surface area contributed by atoms with Crippen LogP contribution < -0.4 is 10.6 Å². The van der Waals surface area contributed by atoms with Crippen molar-refractivity contribution in [1.82, 2.24) is 10.3 Å². The van der Waals surface area contributed by atoms with Crippen molar-refractivity contribution in [3.63, 3.8) is 0 Å². The Bertz CT molecular complexity index is 1420. The van der Waals surface area contributed by atoms with Crippen LogP contribution in [-0.4, -0.2) is 28.0 Å². The quantitative estimate of drug-likeness (QED) is 0.258. The standard InChI is InChI=1S/C32H33N3O3/c1-20-13-14-33-29(17-20)34-19-25-7-11-27(12-8-25)26-9-5-24(6-10-26)18-28(32(37)38)35-31(36)30-22(3)15-21(2)16-23(30)4/h5-17,28H,18-19H2,1-4H3,(H,33,34)(H,35,36)(H,37,38). The maximum atomic E-state index is 12.9. The van der Waals surface area contributed by atoms with E-state index in [0.29, 0.717) is 12.1 Å². The third-order valence-corrected chi connectivity index (χ3v) is 6.58. The average Bonchev–Trinajstić information content (AvgIpc) is 2.87. The van der Waals surface area contributed by atoms with Crippen LogP contribution in [0.15, 0.2) is 79.0 Å². The van der Waals surface area contributed by atoms with Gasteiger partial charge < -0.3 is 15.7 Å². The van der Waals surface area contributed by atoms with E-state index in [4.69, 9.17) is 0 Å². The molecule has 0 saturated carbocycles. The van der Waals surface area contributed by atoms with Gasteiger partial charge in [0, 0.05) is 24.7 Å². The average molecular weight is 508 g/mol. The molecule has 4 aromatic rings. The number of carboxylic acid groups (broad SMARTS) is 1. The van der Waals surface area contributed by atoms with E-state index in [1.807, 2.05) is 76.2 Å². The molecule has 3 N–H and O–H groups in total. The number of anilines is 1. The minimum Gasteiger partial charge on any atom is -0.480 e. The molecule has 0 aliphatic heterocycles.